The number of aromatic hydroxyl groups is 1. The molecule has 112 valence electrons. The lowest BCUT2D eigenvalue weighted by Crippen LogP contribution is -2.27. The molecule has 5 heteroatoms. The standard InChI is InChI=1S/C17H16N2O2S/c20-15-7-6-13(10-12-4-2-1-3-5-12)11-14(15)16(21)19-17-18-8-9-22-17/h1-7,11,20H,8-10H2,(H,18,19,21). The van der Waals surface area contributed by atoms with E-state index in [9.17, 15) is 9.90 Å². The van der Waals surface area contributed by atoms with Crippen molar-refractivity contribution < 1.29 is 9.90 Å². The molecule has 0 saturated carbocycles. The number of phenolic OH excluding ortho intramolecular Hbond substituents is 1. The number of carbonyl (C=O) groups is 1. The molecule has 4 nitrogen and oxygen atoms in total. The van der Waals surface area contributed by atoms with E-state index in [0.717, 1.165) is 29.8 Å². The Hall–Kier alpha value is -2.27. The van der Waals surface area contributed by atoms with Crippen LogP contribution in [0.3, 0.4) is 0 Å². The molecule has 2 aromatic rings. The first-order chi connectivity index (χ1) is 10.7. The Morgan fingerprint density at radius 2 is 2.00 bits per heavy atom. The van der Waals surface area contributed by atoms with Gasteiger partial charge in [-0.15, -0.1) is 0 Å². The number of hydrogen-bond donors (Lipinski definition) is 2. The van der Waals surface area contributed by atoms with Crippen molar-refractivity contribution in [2.45, 2.75) is 6.42 Å². The Bertz CT molecular complexity index is 714. The SMILES string of the molecule is O=C(NC1=NCCS1)c1cc(Cc2ccccc2)ccc1O. The average Bonchev–Trinajstić information content (AvgIpc) is 3.03. The summed E-state index contributed by atoms with van der Waals surface area (Å²) in [5, 5.41) is 13.3. The van der Waals surface area contributed by atoms with Crippen molar-refractivity contribution in [2.75, 3.05) is 12.3 Å². The van der Waals surface area contributed by atoms with Crippen molar-refractivity contribution in [2.24, 2.45) is 4.99 Å². The molecular weight excluding hydrogens is 296 g/mol. The minimum atomic E-state index is -0.319. The van der Waals surface area contributed by atoms with Crippen molar-refractivity contribution in [3.63, 3.8) is 0 Å². The van der Waals surface area contributed by atoms with Crippen LogP contribution in [0.4, 0.5) is 0 Å². The first-order valence-corrected chi connectivity index (χ1v) is 8.05. The van der Waals surface area contributed by atoms with Crippen molar-refractivity contribution in [1.29, 1.82) is 0 Å². The highest BCUT2D eigenvalue weighted by Gasteiger charge is 2.16. The number of nitrogens with one attached hydrogen (secondary N) is 1. The van der Waals surface area contributed by atoms with Gasteiger partial charge in [-0.3, -0.25) is 9.79 Å². The molecule has 0 aromatic heterocycles. The Labute approximate surface area is 133 Å². The van der Waals surface area contributed by atoms with Gasteiger partial charge in [0.1, 0.15) is 5.75 Å². The number of carbonyl (C=O) groups excluding carboxylic acids is 1. The molecule has 1 aliphatic heterocycles. The van der Waals surface area contributed by atoms with Gasteiger partial charge >= 0.3 is 0 Å². The van der Waals surface area contributed by atoms with Gasteiger partial charge in [0.25, 0.3) is 5.91 Å². The molecule has 2 aromatic carbocycles. The predicted octanol–water partition coefficient (Wildman–Crippen LogP) is 2.82. The number of benzene rings is 2. The maximum atomic E-state index is 12.3. The molecule has 2 N–H and O–H groups in total. The first-order valence-electron chi connectivity index (χ1n) is 7.07. The van der Waals surface area contributed by atoms with Crippen LogP contribution >= 0.6 is 11.8 Å². The largest absolute Gasteiger partial charge is 0.507 e. The molecule has 0 fully saturated rings. The van der Waals surface area contributed by atoms with Gasteiger partial charge in [0.2, 0.25) is 0 Å². The molecule has 0 unspecified atom stereocenters. The normalized spacial score (nSPS) is 13.7. The number of nitrogens with zero attached hydrogens (tertiary/aromatic N) is 1. The zero-order chi connectivity index (χ0) is 15.4. The summed E-state index contributed by atoms with van der Waals surface area (Å²) in [6, 6.07) is 15.2. The van der Waals surface area contributed by atoms with Crippen LogP contribution in [0.15, 0.2) is 53.5 Å². The molecule has 1 amide bonds. The third-order valence-corrected chi connectivity index (χ3v) is 4.25. The van der Waals surface area contributed by atoms with Gasteiger partial charge in [0, 0.05) is 5.75 Å². The van der Waals surface area contributed by atoms with E-state index in [1.54, 1.807) is 12.1 Å². The fraction of sp³-hybridized carbons (Fsp3) is 0.176. The Morgan fingerprint density at radius 3 is 2.73 bits per heavy atom. The number of hydrogen-bond acceptors (Lipinski definition) is 4. The van der Waals surface area contributed by atoms with Gasteiger partial charge in [-0.2, -0.15) is 0 Å². The summed E-state index contributed by atoms with van der Waals surface area (Å²) in [7, 11) is 0. The van der Waals surface area contributed by atoms with Crippen LogP contribution in [-0.4, -0.2) is 28.5 Å². The summed E-state index contributed by atoms with van der Waals surface area (Å²) in [6.45, 7) is 0.723. The topological polar surface area (TPSA) is 61.7 Å². The van der Waals surface area contributed by atoms with Gasteiger partial charge in [-0.05, 0) is 29.7 Å². The summed E-state index contributed by atoms with van der Waals surface area (Å²) in [5.74, 6) is 0.550. The van der Waals surface area contributed by atoms with E-state index in [2.05, 4.69) is 10.3 Å². The van der Waals surface area contributed by atoms with Crippen molar-refractivity contribution in [3.05, 3.63) is 65.2 Å². The molecule has 0 radical (unpaired) electrons. The zero-order valence-corrected chi connectivity index (χ0v) is 12.8. The summed E-state index contributed by atoms with van der Waals surface area (Å²) in [5.41, 5.74) is 2.43. The zero-order valence-electron chi connectivity index (χ0n) is 12.0. The molecule has 22 heavy (non-hydrogen) atoms. The monoisotopic (exact) mass is 312 g/mol. The van der Waals surface area contributed by atoms with Gasteiger partial charge in [0.15, 0.2) is 5.17 Å². The van der Waals surface area contributed by atoms with Gasteiger partial charge in [-0.25, -0.2) is 0 Å². The van der Waals surface area contributed by atoms with E-state index in [1.165, 1.54) is 11.8 Å². The van der Waals surface area contributed by atoms with Crippen LogP contribution in [0.25, 0.3) is 0 Å². The second-order valence-corrected chi connectivity index (χ2v) is 6.09. The number of thioether (sulfide) groups is 1. The van der Waals surface area contributed by atoms with E-state index in [-0.39, 0.29) is 17.2 Å². The highest BCUT2D eigenvalue weighted by molar-refractivity contribution is 8.14. The summed E-state index contributed by atoms with van der Waals surface area (Å²) in [6.07, 6.45) is 0.719. The van der Waals surface area contributed by atoms with E-state index in [0.29, 0.717) is 5.17 Å². The molecule has 0 bridgehead atoms. The Kier molecular flexibility index (Phi) is 4.44. The second-order valence-electron chi connectivity index (χ2n) is 5.00. The minimum Gasteiger partial charge on any atom is -0.507 e. The summed E-state index contributed by atoms with van der Waals surface area (Å²) >= 11 is 1.51. The minimum absolute atomic E-state index is 0.0158. The molecule has 1 aliphatic rings. The van der Waals surface area contributed by atoms with Crippen molar-refractivity contribution in [3.8, 4) is 5.75 Å². The van der Waals surface area contributed by atoms with Crippen LogP contribution in [0.1, 0.15) is 21.5 Å². The number of rotatable bonds is 3. The lowest BCUT2D eigenvalue weighted by atomic mass is 10.0. The fourth-order valence-electron chi connectivity index (χ4n) is 2.28. The van der Waals surface area contributed by atoms with Gasteiger partial charge < -0.3 is 10.4 Å². The van der Waals surface area contributed by atoms with E-state index >= 15 is 0 Å². The van der Waals surface area contributed by atoms with E-state index in [4.69, 9.17) is 0 Å². The Balaban J connectivity index is 1.78. The first kappa shape index (κ1) is 14.7. The fourth-order valence-corrected chi connectivity index (χ4v) is 3.01. The average molecular weight is 312 g/mol. The molecule has 0 spiro atoms. The third kappa shape index (κ3) is 3.49. The molecular formula is C17H16N2O2S. The smallest absolute Gasteiger partial charge is 0.260 e. The molecule has 0 atom stereocenters. The number of amidine groups is 1. The van der Waals surface area contributed by atoms with Crippen LogP contribution in [-0.2, 0) is 6.42 Å². The lowest BCUT2D eigenvalue weighted by Gasteiger charge is -2.09. The summed E-state index contributed by atoms with van der Waals surface area (Å²) < 4.78 is 0. The molecule has 0 aliphatic carbocycles. The summed E-state index contributed by atoms with van der Waals surface area (Å²) in [4.78, 5) is 16.4. The van der Waals surface area contributed by atoms with Crippen molar-refractivity contribution >= 4 is 22.8 Å². The highest BCUT2D eigenvalue weighted by atomic mass is 32.2. The van der Waals surface area contributed by atoms with Crippen LogP contribution in [0, 0.1) is 0 Å². The third-order valence-electron chi connectivity index (χ3n) is 3.36. The van der Waals surface area contributed by atoms with E-state index in [1.807, 2.05) is 36.4 Å². The second kappa shape index (κ2) is 6.66. The number of amides is 1. The van der Waals surface area contributed by atoms with Crippen molar-refractivity contribution in [1.82, 2.24) is 5.32 Å². The molecule has 1 heterocycles. The van der Waals surface area contributed by atoms with Gasteiger partial charge in [0.05, 0.1) is 12.1 Å². The molecule has 3 rings (SSSR count). The Morgan fingerprint density at radius 1 is 1.18 bits per heavy atom. The quantitative estimate of drug-likeness (QED) is 0.916. The van der Waals surface area contributed by atoms with E-state index < -0.39 is 0 Å². The molecule has 0 saturated heterocycles. The number of phenols is 1. The number of aliphatic imine (C=N–C) groups is 1. The lowest BCUT2D eigenvalue weighted by molar-refractivity contribution is 0.0975. The van der Waals surface area contributed by atoms with Crippen LogP contribution in [0.5, 0.6) is 5.75 Å². The van der Waals surface area contributed by atoms with Gasteiger partial charge in [-0.1, -0.05) is 48.2 Å². The highest BCUT2D eigenvalue weighted by Crippen LogP contribution is 2.21. The maximum Gasteiger partial charge on any atom is 0.260 e. The van der Waals surface area contributed by atoms with Crippen LogP contribution < -0.4 is 5.32 Å². The van der Waals surface area contributed by atoms with Crippen LogP contribution in [0.2, 0.25) is 0 Å². The maximum absolute atomic E-state index is 12.3. The predicted molar refractivity (Wildman–Crippen MR) is 89.6 cm³/mol.